The highest BCUT2D eigenvalue weighted by Gasteiger charge is 2.20. The van der Waals surface area contributed by atoms with Crippen LogP contribution in [0.3, 0.4) is 0 Å². The summed E-state index contributed by atoms with van der Waals surface area (Å²) in [5.41, 5.74) is 4.12. The smallest absolute Gasteiger partial charge is 0.251 e. The van der Waals surface area contributed by atoms with Crippen molar-refractivity contribution in [3.8, 4) is 5.75 Å². The van der Waals surface area contributed by atoms with Crippen molar-refractivity contribution in [3.63, 3.8) is 0 Å². The Morgan fingerprint density at radius 3 is 2.21 bits per heavy atom. The summed E-state index contributed by atoms with van der Waals surface area (Å²) in [4.78, 5) is 19.5. The van der Waals surface area contributed by atoms with Crippen molar-refractivity contribution in [1.82, 2.24) is 5.32 Å². The van der Waals surface area contributed by atoms with Gasteiger partial charge in [-0.05, 0) is 62.4 Å². The quantitative estimate of drug-likeness (QED) is 0.309. The Morgan fingerprint density at radius 2 is 1.58 bits per heavy atom. The topological polar surface area (TPSA) is 61.7 Å². The maximum atomic E-state index is 12.4. The molecule has 3 aromatic carbocycles. The SMILES string of the molecule is CC.CC.CC(C)NC(=O)c1ccc2c(c1)N=C(c1ccc(O)cc1)c1ccccc1S2.Cl.[HH]. The van der Waals surface area contributed by atoms with Crippen LogP contribution in [0.2, 0.25) is 0 Å². The molecule has 2 N–H and O–H groups in total. The van der Waals surface area contributed by atoms with E-state index in [0.717, 1.165) is 32.3 Å². The average molecular weight is 487 g/mol. The highest BCUT2D eigenvalue weighted by atomic mass is 35.5. The van der Waals surface area contributed by atoms with E-state index in [1.807, 2.05) is 90.1 Å². The van der Waals surface area contributed by atoms with Gasteiger partial charge in [-0.1, -0.05) is 57.7 Å². The number of halogens is 1. The van der Waals surface area contributed by atoms with Crippen LogP contribution in [0.4, 0.5) is 5.69 Å². The molecule has 0 aromatic heterocycles. The number of nitrogens with zero attached hydrogens (tertiary/aromatic N) is 1. The molecule has 33 heavy (non-hydrogen) atoms. The fraction of sp³-hybridized carbons (Fsp3) is 0.259. The monoisotopic (exact) mass is 486 g/mol. The van der Waals surface area contributed by atoms with Gasteiger partial charge in [0.05, 0.1) is 11.4 Å². The van der Waals surface area contributed by atoms with Gasteiger partial charge in [-0.3, -0.25) is 4.79 Å². The third kappa shape index (κ3) is 7.11. The summed E-state index contributed by atoms with van der Waals surface area (Å²) in [5.74, 6) is 0.111. The number of nitrogens with one attached hydrogen (secondary N) is 1. The Kier molecular flexibility index (Phi) is 11.7. The molecule has 178 valence electrons. The molecule has 1 aliphatic rings. The first kappa shape index (κ1) is 28.3. The third-order valence-corrected chi connectivity index (χ3v) is 5.52. The molecule has 1 amide bonds. The molecule has 0 saturated carbocycles. The summed E-state index contributed by atoms with van der Waals surface area (Å²) in [5, 5.41) is 12.6. The molecule has 0 radical (unpaired) electrons. The molecule has 1 aliphatic heterocycles. The van der Waals surface area contributed by atoms with Crippen LogP contribution in [0.25, 0.3) is 0 Å². The lowest BCUT2D eigenvalue weighted by atomic mass is 10.0. The maximum absolute atomic E-state index is 12.4. The van der Waals surface area contributed by atoms with Crippen LogP contribution < -0.4 is 5.32 Å². The van der Waals surface area contributed by atoms with E-state index in [0.29, 0.717) is 5.56 Å². The zero-order chi connectivity index (χ0) is 23.7. The number of phenols is 1. The van der Waals surface area contributed by atoms with Gasteiger partial charge in [0.1, 0.15) is 5.75 Å². The molecule has 4 rings (SSSR count). The van der Waals surface area contributed by atoms with E-state index in [-0.39, 0.29) is 31.5 Å². The highest BCUT2D eigenvalue weighted by molar-refractivity contribution is 7.99. The molecule has 0 spiro atoms. The van der Waals surface area contributed by atoms with Gasteiger partial charge in [-0.2, -0.15) is 0 Å². The molecule has 0 bridgehead atoms. The predicted molar refractivity (Wildman–Crippen MR) is 145 cm³/mol. The van der Waals surface area contributed by atoms with E-state index < -0.39 is 0 Å². The first-order chi connectivity index (χ1) is 15.5. The van der Waals surface area contributed by atoms with E-state index in [9.17, 15) is 9.90 Å². The van der Waals surface area contributed by atoms with Crippen LogP contribution in [-0.2, 0) is 0 Å². The van der Waals surface area contributed by atoms with Crippen LogP contribution >= 0.6 is 24.2 Å². The number of aromatic hydroxyl groups is 1. The minimum Gasteiger partial charge on any atom is -0.508 e. The Balaban J connectivity index is 0.00000173. The van der Waals surface area contributed by atoms with Gasteiger partial charge in [-0.15, -0.1) is 12.4 Å². The molecule has 0 aliphatic carbocycles. The number of phenolic OH excluding ortho intramolecular Hbond substituents is 1. The van der Waals surface area contributed by atoms with E-state index >= 15 is 0 Å². The molecular weight excluding hydrogens is 452 g/mol. The number of carbonyl (C=O) groups excluding carboxylic acids is 1. The van der Waals surface area contributed by atoms with Crippen molar-refractivity contribution >= 4 is 41.5 Å². The second-order valence-corrected chi connectivity index (χ2v) is 8.00. The molecule has 0 unspecified atom stereocenters. The predicted octanol–water partition coefficient (Wildman–Crippen LogP) is 7.88. The number of fused-ring (bicyclic) bond motifs is 2. The van der Waals surface area contributed by atoms with Gasteiger partial charge in [0.25, 0.3) is 5.91 Å². The summed E-state index contributed by atoms with van der Waals surface area (Å²) >= 11 is 1.64. The van der Waals surface area contributed by atoms with Gasteiger partial charge < -0.3 is 10.4 Å². The van der Waals surface area contributed by atoms with E-state index in [1.54, 1.807) is 23.9 Å². The van der Waals surface area contributed by atoms with E-state index in [1.165, 1.54) is 0 Å². The zero-order valence-corrected chi connectivity index (χ0v) is 21.7. The Labute approximate surface area is 209 Å². The summed E-state index contributed by atoms with van der Waals surface area (Å²) < 4.78 is 0. The maximum Gasteiger partial charge on any atom is 0.251 e. The van der Waals surface area contributed by atoms with Gasteiger partial charge >= 0.3 is 0 Å². The minimum absolute atomic E-state index is 0. The number of aliphatic imine (C=N–C) groups is 1. The average Bonchev–Trinajstić information content (AvgIpc) is 2.98. The summed E-state index contributed by atoms with van der Waals surface area (Å²) in [6, 6.07) is 20.9. The van der Waals surface area contributed by atoms with Crippen LogP contribution in [0.15, 0.2) is 81.5 Å². The lowest BCUT2D eigenvalue weighted by molar-refractivity contribution is 0.0943. The Hall–Kier alpha value is -2.76. The van der Waals surface area contributed by atoms with Crippen molar-refractivity contribution in [1.29, 1.82) is 0 Å². The normalized spacial score (nSPS) is 11.1. The summed E-state index contributed by atoms with van der Waals surface area (Å²) in [6.07, 6.45) is 0. The first-order valence-corrected chi connectivity index (χ1v) is 11.9. The van der Waals surface area contributed by atoms with Crippen LogP contribution in [0, 0.1) is 0 Å². The second kappa shape index (κ2) is 13.7. The Morgan fingerprint density at radius 1 is 0.939 bits per heavy atom. The fourth-order valence-electron chi connectivity index (χ4n) is 3.07. The molecule has 4 nitrogen and oxygen atoms in total. The molecule has 6 heteroatoms. The van der Waals surface area contributed by atoms with Crippen molar-refractivity contribution in [2.75, 3.05) is 0 Å². The largest absolute Gasteiger partial charge is 0.508 e. The van der Waals surface area contributed by atoms with Crippen LogP contribution in [-0.4, -0.2) is 22.8 Å². The number of amides is 1. The van der Waals surface area contributed by atoms with Gasteiger partial charge in [0.15, 0.2) is 0 Å². The summed E-state index contributed by atoms with van der Waals surface area (Å²) in [6.45, 7) is 11.9. The minimum atomic E-state index is -0.106. The van der Waals surface area contributed by atoms with E-state index in [2.05, 4.69) is 11.4 Å². The second-order valence-electron chi connectivity index (χ2n) is 6.92. The molecule has 0 atom stereocenters. The fourth-order valence-corrected chi connectivity index (χ4v) is 4.07. The van der Waals surface area contributed by atoms with Crippen molar-refractivity contribution in [3.05, 3.63) is 83.4 Å². The third-order valence-electron chi connectivity index (χ3n) is 4.38. The molecule has 1 heterocycles. The molecule has 0 saturated heterocycles. The number of hydrogen-bond acceptors (Lipinski definition) is 4. The molecule has 3 aromatic rings. The van der Waals surface area contributed by atoms with Crippen LogP contribution in [0.5, 0.6) is 5.75 Å². The zero-order valence-electron chi connectivity index (χ0n) is 20.0. The van der Waals surface area contributed by atoms with Gasteiger partial charge in [0, 0.05) is 33.9 Å². The van der Waals surface area contributed by atoms with Crippen LogP contribution in [0.1, 0.15) is 64.5 Å². The van der Waals surface area contributed by atoms with Crippen molar-refractivity contribution in [2.45, 2.75) is 57.4 Å². The Bertz CT molecular complexity index is 1090. The summed E-state index contributed by atoms with van der Waals surface area (Å²) in [7, 11) is 0. The van der Waals surface area contributed by atoms with Crippen molar-refractivity contribution in [2.24, 2.45) is 4.99 Å². The number of hydrogen-bond donors (Lipinski definition) is 2. The number of carbonyl (C=O) groups is 1. The van der Waals surface area contributed by atoms with Gasteiger partial charge in [0.2, 0.25) is 0 Å². The standard InChI is InChI=1S/C23H20N2O2S.2C2H6.ClH.H2/c1-14(2)24-23(27)16-9-12-21-19(13-16)25-22(15-7-10-17(26)11-8-15)18-5-3-4-6-20(18)28-21;2*1-2;;/h3-14,26H,1-2H3,(H,24,27);2*1-2H3;2*1H. The van der Waals surface area contributed by atoms with E-state index in [4.69, 9.17) is 4.99 Å². The lowest BCUT2D eigenvalue weighted by Gasteiger charge is -2.10. The molecule has 0 fully saturated rings. The number of benzene rings is 3. The molecular formula is C27H35ClN2O2S. The highest BCUT2D eigenvalue weighted by Crippen LogP contribution is 2.41. The van der Waals surface area contributed by atoms with Gasteiger partial charge in [-0.25, -0.2) is 4.99 Å². The lowest BCUT2D eigenvalue weighted by Crippen LogP contribution is -2.29. The first-order valence-electron chi connectivity index (χ1n) is 11.1. The van der Waals surface area contributed by atoms with Crippen molar-refractivity contribution < 1.29 is 11.3 Å². The number of rotatable bonds is 3.